The highest BCUT2D eigenvalue weighted by atomic mass is 32.1. The molecule has 4 heterocycles. The van der Waals surface area contributed by atoms with E-state index in [1.807, 2.05) is 25.2 Å². The maximum absolute atomic E-state index is 14.0. The molecule has 0 bridgehead atoms. The second-order valence-corrected chi connectivity index (χ2v) is 12.5. The Bertz CT molecular complexity index is 1230. The Morgan fingerprint density at radius 1 is 1.12 bits per heavy atom. The number of hydrogen-bond acceptors (Lipinski definition) is 8. The smallest absolute Gasteiger partial charge is 0.201 e. The zero-order valence-corrected chi connectivity index (χ0v) is 24.8. The normalized spacial score (nSPS) is 22.6. The molecular weight excluding hydrogens is 520 g/mol. The van der Waals surface area contributed by atoms with Crippen molar-refractivity contribution in [3.8, 4) is 5.75 Å². The SMILES string of the molecule is CNCCC(Oc1cccc(CN2CCN([C@]3(C(=O)c4ccccn4)CCOC(C)(C)C3)CC2)c1)c1cccs1. The summed E-state index contributed by atoms with van der Waals surface area (Å²) in [6.07, 6.45) is 4.05. The van der Waals surface area contributed by atoms with E-state index in [0.29, 0.717) is 25.1 Å². The van der Waals surface area contributed by atoms with Crippen LogP contribution in [0, 0.1) is 0 Å². The number of ether oxygens (including phenoxy) is 2. The number of benzene rings is 1. The molecule has 1 aromatic carbocycles. The van der Waals surface area contributed by atoms with Crippen LogP contribution in [0.5, 0.6) is 5.75 Å². The van der Waals surface area contributed by atoms with Crippen LogP contribution in [0.3, 0.4) is 0 Å². The molecule has 2 atom stereocenters. The quantitative estimate of drug-likeness (QED) is 0.322. The number of pyridine rings is 1. The third-order valence-electron chi connectivity index (χ3n) is 8.12. The molecule has 3 aromatic rings. The van der Waals surface area contributed by atoms with Crippen LogP contribution in [-0.2, 0) is 11.3 Å². The Morgan fingerprint density at radius 3 is 2.67 bits per heavy atom. The monoisotopic (exact) mass is 562 g/mol. The first-order valence-electron chi connectivity index (χ1n) is 14.4. The summed E-state index contributed by atoms with van der Waals surface area (Å²) in [5.74, 6) is 1.04. The van der Waals surface area contributed by atoms with Gasteiger partial charge in [0.05, 0.1) is 11.1 Å². The van der Waals surface area contributed by atoms with Crippen molar-refractivity contribution in [3.05, 3.63) is 82.3 Å². The van der Waals surface area contributed by atoms with Crippen LogP contribution < -0.4 is 10.1 Å². The van der Waals surface area contributed by atoms with Gasteiger partial charge in [-0.1, -0.05) is 24.3 Å². The van der Waals surface area contributed by atoms with Gasteiger partial charge < -0.3 is 14.8 Å². The number of carbonyl (C=O) groups excluding carboxylic acids is 1. The zero-order chi connectivity index (χ0) is 28.0. The number of Topliss-reactive ketones (excluding diaryl/α,β-unsaturated/α-hetero) is 1. The molecule has 2 saturated heterocycles. The van der Waals surface area contributed by atoms with Crippen molar-refractivity contribution in [3.63, 3.8) is 0 Å². The minimum Gasteiger partial charge on any atom is -0.485 e. The number of piperazine rings is 1. The predicted molar refractivity (Wildman–Crippen MR) is 160 cm³/mol. The first kappa shape index (κ1) is 28.9. The summed E-state index contributed by atoms with van der Waals surface area (Å²) in [4.78, 5) is 24.5. The molecule has 0 spiro atoms. The molecule has 2 aliphatic rings. The van der Waals surface area contributed by atoms with Gasteiger partial charge in [-0.15, -0.1) is 11.3 Å². The van der Waals surface area contributed by atoms with E-state index in [2.05, 4.69) is 75.7 Å². The molecule has 8 heteroatoms. The van der Waals surface area contributed by atoms with E-state index in [1.165, 1.54) is 10.4 Å². The highest BCUT2D eigenvalue weighted by molar-refractivity contribution is 7.10. The standard InChI is InChI=1S/C32H42N4O3S/c1-31(2)24-32(13-20-38-31,30(37)27-10-4-5-14-34-27)36-18-16-35(17-19-36)23-25-8-6-9-26(22-25)39-28(12-15-33-3)29-11-7-21-40-29/h4-11,14,21-22,28,33H,12-13,15-20,23-24H2,1-3H3/t28?,32-/m1/s1. The Labute approximate surface area is 242 Å². The van der Waals surface area contributed by atoms with E-state index >= 15 is 0 Å². The van der Waals surface area contributed by atoms with Crippen LogP contribution in [-0.4, -0.2) is 78.1 Å². The number of rotatable bonds is 11. The van der Waals surface area contributed by atoms with Crippen LogP contribution in [0.2, 0.25) is 0 Å². The number of carbonyl (C=O) groups is 1. The van der Waals surface area contributed by atoms with Gasteiger partial charge in [0.25, 0.3) is 0 Å². The predicted octanol–water partition coefficient (Wildman–Crippen LogP) is 5.20. The molecule has 0 aliphatic carbocycles. The van der Waals surface area contributed by atoms with Crippen molar-refractivity contribution in [2.75, 3.05) is 46.4 Å². The summed E-state index contributed by atoms with van der Waals surface area (Å²) in [5.41, 5.74) is 0.861. The number of nitrogens with one attached hydrogen (secondary N) is 1. The molecule has 2 aliphatic heterocycles. The van der Waals surface area contributed by atoms with Gasteiger partial charge in [-0.2, -0.15) is 0 Å². The Balaban J connectivity index is 1.24. The molecular formula is C32H42N4O3S. The number of hydrogen-bond donors (Lipinski definition) is 1. The average Bonchev–Trinajstić information content (AvgIpc) is 3.50. The van der Waals surface area contributed by atoms with Crippen molar-refractivity contribution >= 4 is 17.1 Å². The minimum absolute atomic E-state index is 0.0443. The second kappa shape index (κ2) is 12.9. The van der Waals surface area contributed by atoms with E-state index in [1.54, 1.807) is 17.5 Å². The molecule has 214 valence electrons. The summed E-state index contributed by atoms with van der Waals surface area (Å²) in [5, 5.41) is 5.35. The molecule has 0 saturated carbocycles. The molecule has 0 radical (unpaired) electrons. The van der Waals surface area contributed by atoms with Crippen LogP contribution in [0.1, 0.15) is 60.1 Å². The summed E-state index contributed by atoms with van der Waals surface area (Å²) in [7, 11) is 1.98. The van der Waals surface area contributed by atoms with Crippen LogP contribution in [0.4, 0.5) is 0 Å². The van der Waals surface area contributed by atoms with Gasteiger partial charge in [0, 0.05) is 63.2 Å². The van der Waals surface area contributed by atoms with Gasteiger partial charge in [0.1, 0.15) is 17.5 Å². The fraction of sp³-hybridized carbons (Fsp3) is 0.500. The summed E-state index contributed by atoms with van der Waals surface area (Å²) < 4.78 is 12.5. The molecule has 1 unspecified atom stereocenters. The minimum atomic E-state index is -0.583. The lowest BCUT2D eigenvalue weighted by Crippen LogP contribution is -2.65. The zero-order valence-electron chi connectivity index (χ0n) is 24.0. The highest BCUT2D eigenvalue weighted by Crippen LogP contribution is 2.39. The van der Waals surface area contributed by atoms with Gasteiger partial charge in [0.15, 0.2) is 0 Å². The van der Waals surface area contributed by atoms with Crippen molar-refractivity contribution in [1.29, 1.82) is 0 Å². The lowest BCUT2D eigenvalue weighted by Gasteiger charge is -2.52. The Kier molecular flexibility index (Phi) is 9.33. The third-order valence-corrected chi connectivity index (χ3v) is 9.09. The third kappa shape index (κ3) is 6.81. The molecule has 2 aromatic heterocycles. The van der Waals surface area contributed by atoms with E-state index in [-0.39, 0.29) is 17.5 Å². The van der Waals surface area contributed by atoms with Gasteiger partial charge in [-0.3, -0.25) is 19.6 Å². The van der Waals surface area contributed by atoms with Crippen LogP contribution in [0.25, 0.3) is 0 Å². The lowest BCUT2D eigenvalue weighted by atomic mass is 9.75. The first-order chi connectivity index (χ1) is 19.4. The first-order valence-corrected chi connectivity index (χ1v) is 15.3. The van der Waals surface area contributed by atoms with E-state index < -0.39 is 5.54 Å². The van der Waals surface area contributed by atoms with Gasteiger partial charge in [0.2, 0.25) is 5.78 Å². The Hall–Kier alpha value is -2.62. The highest BCUT2D eigenvalue weighted by Gasteiger charge is 2.51. The van der Waals surface area contributed by atoms with E-state index in [4.69, 9.17) is 9.47 Å². The molecule has 40 heavy (non-hydrogen) atoms. The maximum atomic E-state index is 14.0. The van der Waals surface area contributed by atoms with E-state index in [9.17, 15) is 4.79 Å². The molecule has 2 fully saturated rings. The number of ketones is 1. The molecule has 1 N–H and O–H groups in total. The fourth-order valence-corrected chi connectivity index (χ4v) is 6.95. The van der Waals surface area contributed by atoms with Gasteiger partial charge >= 0.3 is 0 Å². The maximum Gasteiger partial charge on any atom is 0.201 e. The topological polar surface area (TPSA) is 66.9 Å². The Morgan fingerprint density at radius 2 is 1.98 bits per heavy atom. The largest absolute Gasteiger partial charge is 0.485 e. The molecule has 0 amide bonds. The average molecular weight is 563 g/mol. The van der Waals surface area contributed by atoms with E-state index in [0.717, 1.165) is 51.4 Å². The number of thiophene rings is 1. The van der Waals surface area contributed by atoms with Crippen LogP contribution in [0.15, 0.2) is 66.2 Å². The molecule has 7 nitrogen and oxygen atoms in total. The fourth-order valence-electron chi connectivity index (χ4n) is 6.17. The summed E-state index contributed by atoms with van der Waals surface area (Å²) in [6.45, 7) is 10.0. The van der Waals surface area contributed by atoms with Crippen molar-refractivity contribution in [2.24, 2.45) is 0 Å². The lowest BCUT2D eigenvalue weighted by molar-refractivity contribution is -0.113. The number of nitrogens with zero attached hydrogens (tertiary/aromatic N) is 3. The van der Waals surface area contributed by atoms with Gasteiger partial charge in [-0.25, -0.2) is 0 Å². The van der Waals surface area contributed by atoms with Crippen molar-refractivity contribution < 1.29 is 14.3 Å². The molecule has 5 rings (SSSR count). The second-order valence-electron chi connectivity index (χ2n) is 11.5. The summed E-state index contributed by atoms with van der Waals surface area (Å²) >= 11 is 1.74. The van der Waals surface area contributed by atoms with Crippen molar-refractivity contribution in [2.45, 2.75) is 56.9 Å². The summed E-state index contributed by atoms with van der Waals surface area (Å²) in [6, 6.07) is 18.4. The van der Waals surface area contributed by atoms with Crippen LogP contribution >= 0.6 is 11.3 Å². The van der Waals surface area contributed by atoms with Gasteiger partial charge in [-0.05, 0) is 75.1 Å². The number of aromatic nitrogens is 1. The van der Waals surface area contributed by atoms with Crippen molar-refractivity contribution in [1.82, 2.24) is 20.1 Å².